The Hall–Kier alpha value is -4.26. The van der Waals surface area contributed by atoms with Gasteiger partial charge >= 0.3 is 0 Å². The van der Waals surface area contributed by atoms with Crippen LogP contribution in [0.1, 0.15) is 69.6 Å². The normalized spacial score (nSPS) is 14.4. The number of aryl methyl sites for hydroxylation is 2. The molecule has 2 fully saturated rings. The third-order valence-corrected chi connectivity index (χ3v) is 7.89. The van der Waals surface area contributed by atoms with Crippen LogP contribution in [-0.4, -0.2) is 34.5 Å². The molecule has 0 spiro atoms. The van der Waals surface area contributed by atoms with Crippen LogP contribution in [0.5, 0.6) is 5.75 Å². The van der Waals surface area contributed by atoms with Crippen molar-refractivity contribution in [3.63, 3.8) is 0 Å². The van der Waals surface area contributed by atoms with Crippen molar-refractivity contribution in [2.24, 2.45) is 16.8 Å². The number of nitrogens with zero attached hydrogens (tertiary/aromatic N) is 2. The molecule has 0 bridgehead atoms. The zero-order chi connectivity index (χ0) is 30.4. The van der Waals surface area contributed by atoms with Gasteiger partial charge in [-0.1, -0.05) is 54.1 Å². The van der Waals surface area contributed by atoms with E-state index in [4.69, 9.17) is 14.6 Å². The molecule has 7 heteroatoms. The number of hydrogen-bond acceptors (Lipinski definition) is 6. The van der Waals surface area contributed by atoms with Gasteiger partial charge in [0.2, 0.25) is 0 Å². The lowest BCUT2D eigenvalue weighted by molar-refractivity contribution is -0.129. The lowest BCUT2D eigenvalue weighted by Gasteiger charge is -2.23. The Kier molecular flexibility index (Phi) is 9.39. The summed E-state index contributed by atoms with van der Waals surface area (Å²) in [7, 11) is 0. The Bertz CT molecular complexity index is 1550. The molecule has 2 saturated carbocycles. The minimum absolute atomic E-state index is 0.00503. The van der Waals surface area contributed by atoms with E-state index in [-0.39, 0.29) is 5.78 Å². The number of aromatic nitrogens is 1. The van der Waals surface area contributed by atoms with Crippen molar-refractivity contribution in [3.8, 4) is 5.75 Å². The van der Waals surface area contributed by atoms with Crippen LogP contribution >= 0.6 is 0 Å². The van der Waals surface area contributed by atoms with E-state index in [0.717, 1.165) is 41.8 Å². The van der Waals surface area contributed by atoms with E-state index in [2.05, 4.69) is 28.3 Å². The largest absolute Gasteiger partial charge is 0.480 e. The summed E-state index contributed by atoms with van der Waals surface area (Å²) in [5.74, 6) is 2.57. The predicted octanol–water partition coefficient (Wildman–Crippen LogP) is 8.20. The predicted molar refractivity (Wildman–Crippen MR) is 174 cm³/mol. The maximum absolute atomic E-state index is 11.6. The highest BCUT2D eigenvalue weighted by atomic mass is 16.5. The number of amidine groups is 1. The standard InChI is InChI=1S/C21H24N2O3.C15H18N2/c1-15(24)21(2,3)26-17-10-6-8-16(14-17)9-7-13-22-20-23-18-11-4-5-12-19(18)25-20;1-10-2-4-13(5-3-10)15(16)17-14(11-6-7-11)12-8-9-12/h4-6,8,10-12,14H,7,9,13H2,1-3H3,(H,22,23);2-5,11-12,16H,6-9H2,1H3. The number of benzene rings is 3. The van der Waals surface area contributed by atoms with Gasteiger partial charge in [-0.25, -0.2) is 4.99 Å². The minimum atomic E-state index is -0.812. The highest BCUT2D eigenvalue weighted by molar-refractivity contribution is 6.07. The lowest BCUT2D eigenvalue weighted by Crippen LogP contribution is -2.36. The van der Waals surface area contributed by atoms with Gasteiger partial charge in [-0.15, -0.1) is 0 Å². The van der Waals surface area contributed by atoms with Crippen molar-refractivity contribution >= 4 is 34.4 Å². The molecular weight excluding hydrogens is 536 g/mol. The monoisotopic (exact) mass is 578 g/mol. The van der Waals surface area contributed by atoms with Crippen LogP contribution < -0.4 is 10.1 Å². The zero-order valence-electron chi connectivity index (χ0n) is 25.7. The molecule has 2 N–H and O–H groups in total. The summed E-state index contributed by atoms with van der Waals surface area (Å²) >= 11 is 0. The van der Waals surface area contributed by atoms with E-state index >= 15 is 0 Å². The number of ketones is 1. The van der Waals surface area contributed by atoms with Crippen LogP contribution in [0.3, 0.4) is 0 Å². The Balaban J connectivity index is 0.000000186. The lowest BCUT2D eigenvalue weighted by atomic mass is 10.0. The number of Topliss-reactive ketones (excluding diaryl/α,β-unsaturated/α-hetero) is 1. The van der Waals surface area contributed by atoms with Crippen LogP contribution in [-0.2, 0) is 11.2 Å². The fourth-order valence-electron chi connectivity index (χ4n) is 4.75. The molecule has 0 atom stereocenters. The van der Waals surface area contributed by atoms with Crippen LogP contribution in [0.2, 0.25) is 0 Å². The van der Waals surface area contributed by atoms with Gasteiger partial charge in [-0.2, -0.15) is 4.98 Å². The van der Waals surface area contributed by atoms with Crippen molar-refractivity contribution in [3.05, 3.63) is 89.5 Å². The number of nitrogens with one attached hydrogen (secondary N) is 2. The second-order valence-corrected chi connectivity index (χ2v) is 12.1. The molecule has 0 saturated heterocycles. The van der Waals surface area contributed by atoms with Gasteiger partial charge in [0.05, 0.1) is 0 Å². The minimum Gasteiger partial charge on any atom is -0.480 e. The topological polar surface area (TPSA) is 101 Å². The highest BCUT2D eigenvalue weighted by Crippen LogP contribution is 2.42. The fourth-order valence-corrected chi connectivity index (χ4v) is 4.75. The Morgan fingerprint density at radius 2 is 1.72 bits per heavy atom. The van der Waals surface area contributed by atoms with E-state index in [1.54, 1.807) is 20.8 Å². The summed E-state index contributed by atoms with van der Waals surface area (Å²) in [5.41, 5.74) is 5.48. The first-order chi connectivity index (χ1) is 20.7. The summed E-state index contributed by atoms with van der Waals surface area (Å²) < 4.78 is 11.5. The molecule has 1 heterocycles. The first-order valence-electron chi connectivity index (χ1n) is 15.3. The van der Waals surface area contributed by atoms with Gasteiger partial charge in [0.15, 0.2) is 22.8 Å². The second kappa shape index (κ2) is 13.4. The number of oxazole rings is 1. The maximum Gasteiger partial charge on any atom is 0.295 e. The summed E-state index contributed by atoms with van der Waals surface area (Å²) in [6.45, 7) is 7.94. The molecule has 0 amide bonds. The van der Waals surface area contributed by atoms with Gasteiger partial charge in [0.25, 0.3) is 6.01 Å². The molecule has 0 aliphatic heterocycles. The average molecular weight is 579 g/mol. The fraction of sp³-hybridized carbons (Fsp3) is 0.389. The van der Waals surface area contributed by atoms with Gasteiger partial charge in [-0.3, -0.25) is 10.2 Å². The number of para-hydroxylation sites is 2. The number of hydrogen-bond donors (Lipinski definition) is 2. The van der Waals surface area contributed by atoms with Crippen LogP contribution in [0.15, 0.2) is 82.2 Å². The number of aliphatic imine (C=N–C) groups is 1. The van der Waals surface area contributed by atoms with Crippen LogP contribution in [0.4, 0.5) is 6.01 Å². The molecule has 2 aliphatic rings. The van der Waals surface area contributed by atoms with Crippen molar-refractivity contribution in [2.45, 2.75) is 71.8 Å². The number of carbonyl (C=O) groups excluding carboxylic acids is 1. The average Bonchev–Trinajstić information content (AvgIpc) is 3.92. The molecule has 4 aromatic rings. The molecule has 43 heavy (non-hydrogen) atoms. The smallest absolute Gasteiger partial charge is 0.295 e. The van der Waals surface area contributed by atoms with Gasteiger partial charge in [0.1, 0.15) is 11.3 Å². The molecule has 0 unspecified atom stereocenters. The molecule has 3 aromatic carbocycles. The van der Waals surface area contributed by atoms with E-state index in [9.17, 15) is 4.79 Å². The number of rotatable bonds is 11. The Morgan fingerprint density at radius 1 is 1.02 bits per heavy atom. The number of fused-ring (bicyclic) bond motifs is 1. The zero-order valence-corrected chi connectivity index (χ0v) is 25.7. The molecule has 224 valence electrons. The van der Waals surface area contributed by atoms with Crippen molar-refractivity contribution < 1.29 is 13.9 Å². The molecule has 2 aliphatic carbocycles. The Morgan fingerprint density at radius 3 is 2.37 bits per heavy atom. The van der Waals surface area contributed by atoms with Gasteiger partial charge in [-0.05, 0) is 108 Å². The van der Waals surface area contributed by atoms with Gasteiger partial charge in [0, 0.05) is 17.8 Å². The molecule has 0 radical (unpaired) electrons. The van der Waals surface area contributed by atoms with Crippen molar-refractivity contribution in [2.75, 3.05) is 11.9 Å². The van der Waals surface area contributed by atoms with Gasteiger partial charge < -0.3 is 14.5 Å². The van der Waals surface area contributed by atoms with Crippen LogP contribution in [0.25, 0.3) is 11.1 Å². The van der Waals surface area contributed by atoms with Crippen molar-refractivity contribution in [1.29, 1.82) is 5.41 Å². The first-order valence-corrected chi connectivity index (χ1v) is 15.3. The third kappa shape index (κ3) is 8.63. The first kappa shape index (κ1) is 30.2. The molecule has 7 nitrogen and oxygen atoms in total. The SMILES string of the molecule is CC(=O)C(C)(C)Oc1cccc(CCCNc2nc3ccccc3o2)c1.Cc1ccc(C(=N)N=C(C2CC2)C2CC2)cc1. The summed E-state index contributed by atoms with van der Waals surface area (Å²) in [4.78, 5) is 20.6. The van der Waals surface area contributed by atoms with Crippen molar-refractivity contribution in [1.82, 2.24) is 4.98 Å². The van der Waals surface area contributed by atoms with E-state index in [0.29, 0.717) is 23.7 Å². The third-order valence-electron chi connectivity index (χ3n) is 7.89. The summed E-state index contributed by atoms with van der Waals surface area (Å²) in [5, 5.41) is 11.3. The molecular formula is C36H42N4O3. The number of anilines is 1. The van der Waals surface area contributed by atoms with E-state index in [1.165, 1.54) is 42.5 Å². The number of ether oxygens (including phenoxy) is 1. The number of carbonyl (C=O) groups is 1. The van der Waals surface area contributed by atoms with E-state index < -0.39 is 5.60 Å². The molecule has 6 rings (SSSR count). The quantitative estimate of drug-likeness (QED) is 0.106. The Labute approximate surface area is 254 Å². The van der Waals surface area contributed by atoms with Crippen LogP contribution in [0, 0.1) is 24.2 Å². The second-order valence-electron chi connectivity index (χ2n) is 12.1. The highest BCUT2D eigenvalue weighted by Gasteiger charge is 2.38. The summed E-state index contributed by atoms with van der Waals surface area (Å²) in [6.07, 6.45) is 6.98. The van der Waals surface area contributed by atoms with E-state index in [1.807, 2.05) is 66.7 Å². The maximum atomic E-state index is 11.6. The molecule has 1 aromatic heterocycles. The summed E-state index contributed by atoms with van der Waals surface area (Å²) in [6, 6.07) is 24.2.